The van der Waals surface area contributed by atoms with Crippen LogP contribution in [0.25, 0.3) is 0 Å². The minimum absolute atomic E-state index is 0.0181. The number of hydrogen-bond donors (Lipinski definition) is 1. The summed E-state index contributed by atoms with van der Waals surface area (Å²) >= 11 is 0. The Kier molecular flexibility index (Phi) is 7.21. The van der Waals surface area contributed by atoms with E-state index in [4.69, 9.17) is 9.94 Å². The van der Waals surface area contributed by atoms with Gasteiger partial charge in [0.2, 0.25) is 5.28 Å². The van der Waals surface area contributed by atoms with E-state index in [9.17, 15) is 31.5 Å². The van der Waals surface area contributed by atoms with Gasteiger partial charge >= 0.3 is 12.4 Å². The summed E-state index contributed by atoms with van der Waals surface area (Å²) in [6.07, 6.45) is -8.53. The molecule has 0 amide bonds. The van der Waals surface area contributed by atoms with Crippen molar-refractivity contribution in [2.45, 2.75) is 70.4 Å². The normalized spacial score (nSPS) is 21.1. The number of hydrazine groups is 1. The van der Waals surface area contributed by atoms with Crippen molar-refractivity contribution in [3.8, 4) is 5.75 Å². The van der Waals surface area contributed by atoms with Crippen molar-refractivity contribution in [2.24, 2.45) is 11.2 Å². The minimum Gasteiger partial charge on any atom is -0.569 e. The number of benzene rings is 1. The van der Waals surface area contributed by atoms with Gasteiger partial charge in [0.05, 0.1) is 34.3 Å². The van der Waals surface area contributed by atoms with Crippen LogP contribution in [0.1, 0.15) is 57.6 Å². The molecule has 1 aromatic carbocycles. The smallest absolute Gasteiger partial charge is 0.416 e. The van der Waals surface area contributed by atoms with E-state index in [1.165, 1.54) is 5.01 Å². The topological polar surface area (TPSA) is 71.1 Å². The SMILES string of the molecule is CC(C)(C)N(CC1CCC(Oc2cc(C(F)(F)F)cc(C(F)(F)F)c2)CC1)[N+]([O-])=NO. The fourth-order valence-electron chi connectivity index (χ4n) is 3.51. The lowest BCUT2D eigenvalue weighted by Gasteiger charge is -2.35. The molecular formula is C19H25F6N3O3. The molecule has 0 atom stereocenters. The second-order valence-corrected chi connectivity index (χ2v) is 8.60. The van der Waals surface area contributed by atoms with Crippen molar-refractivity contribution in [1.29, 1.82) is 0 Å². The Balaban J connectivity index is 2.07. The van der Waals surface area contributed by atoms with Crippen molar-refractivity contribution >= 4 is 0 Å². The lowest BCUT2D eigenvalue weighted by molar-refractivity contribution is -0.725. The van der Waals surface area contributed by atoms with Crippen molar-refractivity contribution in [1.82, 2.24) is 5.01 Å². The molecule has 0 bridgehead atoms. The molecule has 1 aromatic rings. The first-order chi connectivity index (χ1) is 14.1. The maximum absolute atomic E-state index is 13.0. The van der Waals surface area contributed by atoms with Gasteiger partial charge in [-0.15, -0.1) is 5.01 Å². The van der Waals surface area contributed by atoms with E-state index in [0.29, 0.717) is 37.8 Å². The van der Waals surface area contributed by atoms with Crippen LogP contribution in [0.4, 0.5) is 26.3 Å². The van der Waals surface area contributed by atoms with Gasteiger partial charge in [0.15, 0.2) is 0 Å². The molecule has 1 saturated carbocycles. The maximum atomic E-state index is 13.0. The molecule has 0 heterocycles. The first-order valence-corrected chi connectivity index (χ1v) is 9.67. The number of hydrogen-bond acceptors (Lipinski definition) is 3. The Hall–Kier alpha value is -2.40. The van der Waals surface area contributed by atoms with Gasteiger partial charge in [0.1, 0.15) is 5.75 Å². The Labute approximate surface area is 175 Å². The second kappa shape index (κ2) is 8.99. The van der Waals surface area contributed by atoms with Crippen molar-refractivity contribution < 1.29 is 41.3 Å². The number of rotatable bonds is 5. The Morgan fingerprint density at radius 1 is 1.00 bits per heavy atom. The molecule has 31 heavy (non-hydrogen) atoms. The number of alkyl halides is 6. The molecular weight excluding hydrogens is 432 g/mol. The average Bonchev–Trinajstić information content (AvgIpc) is 2.64. The van der Waals surface area contributed by atoms with Crippen LogP contribution < -0.4 is 4.74 Å². The summed E-state index contributed by atoms with van der Waals surface area (Å²) in [5.74, 6) is -0.462. The van der Waals surface area contributed by atoms with E-state index in [1.807, 2.05) is 0 Å². The third-order valence-corrected chi connectivity index (χ3v) is 5.15. The van der Waals surface area contributed by atoms with Crippen LogP contribution in [-0.4, -0.2) is 33.4 Å². The van der Waals surface area contributed by atoms with E-state index in [-0.39, 0.29) is 23.5 Å². The number of nitrogens with zero attached hydrogens (tertiary/aromatic N) is 3. The van der Waals surface area contributed by atoms with Crippen LogP contribution >= 0.6 is 0 Å². The highest BCUT2D eigenvalue weighted by molar-refractivity contribution is 5.37. The van der Waals surface area contributed by atoms with Crippen LogP contribution in [0.2, 0.25) is 0 Å². The number of ether oxygens (including phenoxy) is 1. The quantitative estimate of drug-likeness (QED) is 0.254. The van der Waals surface area contributed by atoms with Gasteiger partial charge in [-0.1, -0.05) is 0 Å². The Bertz CT molecular complexity index is 749. The van der Waals surface area contributed by atoms with Gasteiger partial charge in [-0.05, 0) is 70.6 Å². The molecule has 12 heteroatoms. The fourth-order valence-corrected chi connectivity index (χ4v) is 3.51. The minimum atomic E-state index is -4.94. The highest BCUT2D eigenvalue weighted by Crippen LogP contribution is 2.39. The summed E-state index contributed by atoms with van der Waals surface area (Å²) in [5, 5.41) is 24.5. The summed E-state index contributed by atoms with van der Waals surface area (Å²) in [5.41, 5.74) is -3.46. The zero-order valence-corrected chi connectivity index (χ0v) is 17.3. The summed E-state index contributed by atoms with van der Waals surface area (Å²) in [7, 11) is 0. The third kappa shape index (κ3) is 6.79. The maximum Gasteiger partial charge on any atom is 0.416 e. The van der Waals surface area contributed by atoms with E-state index in [1.54, 1.807) is 20.8 Å². The second-order valence-electron chi connectivity index (χ2n) is 8.60. The molecule has 176 valence electrons. The molecule has 6 nitrogen and oxygen atoms in total. The number of halogens is 6. The highest BCUT2D eigenvalue weighted by atomic mass is 19.4. The molecule has 0 unspecified atom stereocenters. The van der Waals surface area contributed by atoms with Gasteiger partial charge < -0.3 is 15.2 Å². The third-order valence-electron chi connectivity index (χ3n) is 5.15. The van der Waals surface area contributed by atoms with Gasteiger partial charge in [-0.2, -0.15) is 26.3 Å². The Morgan fingerprint density at radius 2 is 1.48 bits per heavy atom. The van der Waals surface area contributed by atoms with Crippen LogP contribution in [-0.2, 0) is 12.4 Å². The van der Waals surface area contributed by atoms with Crippen molar-refractivity contribution in [3.05, 3.63) is 34.5 Å². The predicted molar refractivity (Wildman–Crippen MR) is 97.1 cm³/mol. The lowest BCUT2D eigenvalue weighted by atomic mass is 9.86. The molecule has 0 radical (unpaired) electrons. The van der Waals surface area contributed by atoms with Crippen LogP contribution in [0.3, 0.4) is 0 Å². The zero-order chi connectivity index (χ0) is 23.6. The highest BCUT2D eigenvalue weighted by Gasteiger charge is 2.38. The summed E-state index contributed by atoms with van der Waals surface area (Å²) < 4.78 is 83.4. The molecule has 1 aliphatic carbocycles. The monoisotopic (exact) mass is 457 g/mol. The molecule has 2 rings (SSSR count). The Morgan fingerprint density at radius 3 is 1.87 bits per heavy atom. The van der Waals surface area contributed by atoms with E-state index in [0.717, 1.165) is 0 Å². The van der Waals surface area contributed by atoms with Crippen molar-refractivity contribution in [3.63, 3.8) is 0 Å². The van der Waals surface area contributed by atoms with Crippen LogP contribution in [0, 0.1) is 11.1 Å². The molecule has 1 aliphatic rings. The van der Waals surface area contributed by atoms with Gasteiger partial charge in [-0.3, -0.25) is 0 Å². The van der Waals surface area contributed by atoms with Crippen LogP contribution in [0.15, 0.2) is 23.5 Å². The van der Waals surface area contributed by atoms with Gasteiger partial charge in [-0.25, -0.2) is 0 Å². The summed E-state index contributed by atoms with van der Waals surface area (Å²) in [6.45, 7) is 5.59. The molecule has 0 spiro atoms. The standard InChI is InChI=1S/C19H25F6N3O3/c1-17(2,3)27(28(30)26-29)11-12-4-6-15(7-5-12)31-16-9-13(18(20,21)22)8-14(10-16)19(23,24)25/h8-10,12,15,29H,4-7,11H2,1-3H3. The summed E-state index contributed by atoms with van der Waals surface area (Å²) in [6, 6.07) is 1.20. The average molecular weight is 457 g/mol. The summed E-state index contributed by atoms with van der Waals surface area (Å²) in [4.78, 5) is 0.101. The molecule has 0 saturated heterocycles. The lowest BCUT2D eigenvalue weighted by Crippen LogP contribution is -2.48. The first-order valence-electron chi connectivity index (χ1n) is 9.67. The van der Waals surface area contributed by atoms with Crippen molar-refractivity contribution in [2.75, 3.05) is 6.54 Å². The predicted octanol–water partition coefficient (Wildman–Crippen LogP) is 6.03. The zero-order valence-electron chi connectivity index (χ0n) is 17.3. The van der Waals surface area contributed by atoms with Gasteiger partial charge in [0, 0.05) is 0 Å². The van der Waals surface area contributed by atoms with Crippen LogP contribution in [0.5, 0.6) is 5.75 Å². The van der Waals surface area contributed by atoms with E-state index >= 15 is 0 Å². The van der Waals surface area contributed by atoms with E-state index in [2.05, 4.69) is 5.28 Å². The van der Waals surface area contributed by atoms with E-state index < -0.39 is 40.9 Å². The molecule has 1 fully saturated rings. The first kappa shape index (κ1) is 24.9. The molecule has 0 aliphatic heterocycles. The van der Waals surface area contributed by atoms with Gasteiger partial charge in [0.25, 0.3) is 0 Å². The largest absolute Gasteiger partial charge is 0.569 e. The molecule has 1 N–H and O–H groups in total. The fraction of sp³-hybridized carbons (Fsp3) is 0.684. The molecule has 0 aromatic heterocycles.